The summed E-state index contributed by atoms with van der Waals surface area (Å²) in [7, 11) is 3.14. The third-order valence-corrected chi connectivity index (χ3v) is 7.56. The molecular weight excluding hydrogens is 574 g/mol. The Hall–Kier alpha value is -5.76. The van der Waals surface area contributed by atoms with Crippen LogP contribution in [-0.4, -0.2) is 72.0 Å². The summed E-state index contributed by atoms with van der Waals surface area (Å²) in [6, 6.07) is 8.77. The molecule has 0 radical (unpaired) electrons. The van der Waals surface area contributed by atoms with Gasteiger partial charge in [-0.1, -0.05) is 12.0 Å². The average Bonchev–Trinajstić information content (AvgIpc) is 3.08. The molecule has 0 fully saturated rings. The Balaban J connectivity index is 1.19. The Bertz CT molecular complexity index is 1850. The molecule has 0 unspecified atom stereocenters. The Morgan fingerprint density at radius 2 is 1.89 bits per heavy atom. The predicted octanol–water partition coefficient (Wildman–Crippen LogP) is 4.56. The van der Waals surface area contributed by atoms with Gasteiger partial charge in [-0.3, -0.25) is 14.6 Å². The normalized spacial score (nSPS) is 15.6. The summed E-state index contributed by atoms with van der Waals surface area (Å²) in [6.07, 6.45) is 11.4. The van der Waals surface area contributed by atoms with E-state index in [0.717, 1.165) is 16.7 Å². The summed E-state index contributed by atoms with van der Waals surface area (Å²) < 4.78 is 22.9. The topological polar surface area (TPSA) is 115 Å². The number of fused-ring (bicyclic) bond motifs is 1. The van der Waals surface area contributed by atoms with Crippen LogP contribution in [0.1, 0.15) is 13.3 Å². The van der Waals surface area contributed by atoms with Crippen molar-refractivity contribution in [1.82, 2.24) is 19.8 Å². The van der Waals surface area contributed by atoms with Crippen LogP contribution in [0.4, 0.5) is 5.82 Å². The third kappa shape index (κ3) is 6.17. The molecule has 45 heavy (non-hydrogen) atoms. The van der Waals surface area contributed by atoms with Crippen molar-refractivity contribution < 1.29 is 28.5 Å². The largest absolute Gasteiger partial charge is 0.493 e. The highest BCUT2D eigenvalue weighted by molar-refractivity contribution is 6.04. The zero-order valence-corrected chi connectivity index (χ0v) is 25.1. The number of carbonyl (C=O) groups is 2. The molecule has 11 nitrogen and oxygen atoms in total. The Morgan fingerprint density at radius 1 is 1.04 bits per heavy atom. The first-order chi connectivity index (χ1) is 22.0. The highest BCUT2D eigenvalue weighted by atomic mass is 16.5. The van der Waals surface area contributed by atoms with Crippen molar-refractivity contribution in [2.45, 2.75) is 13.3 Å². The van der Waals surface area contributed by atoms with Gasteiger partial charge >= 0.3 is 0 Å². The molecule has 2 amide bonds. The number of hydrogen-bond acceptors (Lipinski definition) is 9. The van der Waals surface area contributed by atoms with E-state index in [1.807, 2.05) is 35.3 Å². The average molecular weight is 606 g/mol. The van der Waals surface area contributed by atoms with Gasteiger partial charge in [-0.2, -0.15) is 0 Å². The lowest BCUT2D eigenvalue weighted by Gasteiger charge is -2.39. The standard InChI is InChI=1S/C34H31N5O6/c1-4-7-32(40)38-14-12-22-16-23(20-39(27(22)21-38)33-8-5-6-15-44-33)34(41)37-31-10-9-24(19-36-31)45-28-11-13-35-26-18-30(43-3)29(42-2)17-25(26)28/h5-6,8-11,13,16-19H,12,14-15,20-21H2,1-3H3,(H,36,37,41). The molecule has 0 atom stereocenters. The maximum atomic E-state index is 13.5. The minimum atomic E-state index is -0.281. The number of nitrogens with one attached hydrogen (secondary N) is 1. The van der Waals surface area contributed by atoms with E-state index in [9.17, 15) is 9.59 Å². The van der Waals surface area contributed by atoms with Gasteiger partial charge in [0.25, 0.3) is 11.8 Å². The van der Waals surface area contributed by atoms with Crippen LogP contribution < -0.4 is 19.5 Å². The molecule has 1 N–H and O–H groups in total. The van der Waals surface area contributed by atoms with Crippen molar-refractivity contribution >= 4 is 28.5 Å². The number of ether oxygens (including phenoxy) is 4. The number of aromatic nitrogens is 2. The summed E-state index contributed by atoms with van der Waals surface area (Å²) in [5.74, 6) is 7.99. The number of rotatable bonds is 7. The van der Waals surface area contributed by atoms with Crippen molar-refractivity contribution in [3.63, 3.8) is 0 Å². The number of benzene rings is 1. The van der Waals surface area contributed by atoms with Crippen molar-refractivity contribution in [2.24, 2.45) is 0 Å². The number of amides is 2. The lowest BCUT2D eigenvalue weighted by atomic mass is 9.96. The fourth-order valence-electron chi connectivity index (χ4n) is 5.33. The first-order valence-corrected chi connectivity index (χ1v) is 14.3. The fraction of sp³-hybridized carbons (Fsp3) is 0.235. The first kappa shape index (κ1) is 29.3. The molecule has 228 valence electrons. The lowest BCUT2D eigenvalue weighted by Crippen LogP contribution is -2.44. The number of nitrogens with zero attached hydrogens (tertiary/aromatic N) is 4. The number of anilines is 1. The highest BCUT2D eigenvalue weighted by Gasteiger charge is 2.32. The summed E-state index contributed by atoms with van der Waals surface area (Å²) >= 11 is 0. The SMILES string of the molecule is CC#CC(=O)N1CCC2=C(C1)N(C1=CC=CCO1)CC(C(=O)Nc1ccc(Oc3ccnc4cc(OC)c(OC)cc34)cn1)=C2. The van der Waals surface area contributed by atoms with E-state index in [-0.39, 0.29) is 18.4 Å². The van der Waals surface area contributed by atoms with Gasteiger partial charge in [0.05, 0.1) is 39.0 Å². The van der Waals surface area contributed by atoms with Gasteiger partial charge in [0.2, 0.25) is 0 Å². The summed E-state index contributed by atoms with van der Waals surface area (Å²) in [6.45, 7) is 3.25. The summed E-state index contributed by atoms with van der Waals surface area (Å²) in [5.41, 5.74) is 3.14. The third-order valence-electron chi connectivity index (χ3n) is 7.56. The molecule has 3 aromatic rings. The highest BCUT2D eigenvalue weighted by Crippen LogP contribution is 2.37. The maximum Gasteiger partial charge on any atom is 0.298 e. The Labute approximate surface area is 260 Å². The van der Waals surface area contributed by atoms with Crippen LogP contribution in [0.25, 0.3) is 10.9 Å². The van der Waals surface area contributed by atoms with Gasteiger partial charge in [-0.15, -0.1) is 0 Å². The van der Waals surface area contributed by atoms with Crippen LogP contribution in [0.3, 0.4) is 0 Å². The van der Waals surface area contributed by atoms with Crippen LogP contribution >= 0.6 is 0 Å². The van der Waals surface area contributed by atoms with Gasteiger partial charge in [-0.25, -0.2) is 4.98 Å². The van der Waals surface area contributed by atoms with Gasteiger partial charge in [-0.05, 0) is 67.3 Å². The summed E-state index contributed by atoms with van der Waals surface area (Å²) in [5, 5.41) is 3.65. The fourth-order valence-corrected chi connectivity index (χ4v) is 5.33. The van der Waals surface area contributed by atoms with Crippen LogP contribution in [0.2, 0.25) is 0 Å². The van der Waals surface area contributed by atoms with E-state index in [1.54, 1.807) is 62.7 Å². The Morgan fingerprint density at radius 3 is 2.62 bits per heavy atom. The van der Waals surface area contributed by atoms with E-state index in [1.165, 1.54) is 0 Å². The molecule has 2 aromatic heterocycles. The predicted molar refractivity (Wildman–Crippen MR) is 167 cm³/mol. The van der Waals surface area contributed by atoms with Crippen LogP contribution in [0, 0.1) is 11.8 Å². The molecular formula is C34H31N5O6. The first-order valence-electron chi connectivity index (χ1n) is 14.3. The molecule has 0 saturated carbocycles. The van der Waals surface area contributed by atoms with Crippen molar-refractivity contribution in [2.75, 3.05) is 45.8 Å². The number of pyridine rings is 2. The molecule has 0 spiro atoms. The molecule has 0 aliphatic carbocycles. The second kappa shape index (κ2) is 12.9. The molecule has 11 heteroatoms. The summed E-state index contributed by atoms with van der Waals surface area (Å²) in [4.78, 5) is 38.5. The minimum absolute atomic E-state index is 0.217. The minimum Gasteiger partial charge on any atom is -0.493 e. The van der Waals surface area contributed by atoms with Crippen LogP contribution in [0.5, 0.6) is 23.0 Å². The van der Waals surface area contributed by atoms with Crippen molar-refractivity contribution in [3.05, 3.63) is 89.8 Å². The zero-order chi connectivity index (χ0) is 31.3. The van der Waals surface area contributed by atoms with Gasteiger partial charge in [0.15, 0.2) is 17.4 Å². The number of methoxy groups -OCH3 is 2. The second-order valence-electron chi connectivity index (χ2n) is 10.3. The lowest BCUT2D eigenvalue weighted by molar-refractivity contribution is -0.125. The zero-order valence-electron chi connectivity index (χ0n) is 25.1. The molecule has 0 saturated heterocycles. The molecule has 3 aliphatic heterocycles. The van der Waals surface area contributed by atoms with Crippen LogP contribution in [-0.2, 0) is 14.3 Å². The van der Waals surface area contributed by atoms with E-state index < -0.39 is 0 Å². The Kier molecular flexibility index (Phi) is 8.37. The molecule has 3 aliphatic rings. The van der Waals surface area contributed by atoms with Gasteiger partial charge < -0.3 is 34.1 Å². The second-order valence-corrected chi connectivity index (χ2v) is 10.3. The van der Waals surface area contributed by atoms with Crippen LogP contribution in [0.15, 0.2) is 89.8 Å². The maximum absolute atomic E-state index is 13.5. The molecule has 5 heterocycles. The smallest absolute Gasteiger partial charge is 0.298 e. The van der Waals surface area contributed by atoms with Crippen molar-refractivity contribution in [3.8, 4) is 34.8 Å². The van der Waals surface area contributed by atoms with E-state index in [0.29, 0.717) is 71.9 Å². The number of hydrogen-bond donors (Lipinski definition) is 1. The number of allylic oxidation sites excluding steroid dienone is 3. The van der Waals surface area contributed by atoms with Gasteiger partial charge in [0.1, 0.15) is 23.9 Å². The molecule has 0 bridgehead atoms. The molecule has 6 rings (SSSR count). The monoisotopic (exact) mass is 605 g/mol. The quantitative estimate of drug-likeness (QED) is 0.387. The van der Waals surface area contributed by atoms with E-state index in [2.05, 4.69) is 27.1 Å². The van der Waals surface area contributed by atoms with E-state index >= 15 is 0 Å². The van der Waals surface area contributed by atoms with Gasteiger partial charge in [0, 0.05) is 35.5 Å². The molecule has 1 aromatic carbocycles. The number of carbonyl (C=O) groups excluding carboxylic acids is 2. The van der Waals surface area contributed by atoms with Crippen molar-refractivity contribution in [1.29, 1.82) is 0 Å². The van der Waals surface area contributed by atoms with E-state index in [4.69, 9.17) is 18.9 Å².